The molecule has 4 heterocycles. The number of hydrogen-bond acceptors (Lipinski definition) is 3. The zero-order chi connectivity index (χ0) is 32.7. The van der Waals surface area contributed by atoms with Gasteiger partial charge in [0.15, 0.2) is 0 Å². The molecule has 10 rings (SSSR count). The summed E-state index contributed by atoms with van der Waals surface area (Å²) in [6.45, 7) is 14.2. The molecule has 0 fully saturated rings. The van der Waals surface area contributed by atoms with Crippen molar-refractivity contribution in [2.45, 2.75) is 52.4 Å². The van der Waals surface area contributed by atoms with Gasteiger partial charge in [-0.3, -0.25) is 0 Å². The van der Waals surface area contributed by atoms with Gasteiger partial charge in [0, 0.05) is 52.0 Å². The normalized spacial score (nSPS) is 15.0. The number of anilines is 3. The van der Waals surface area contributed by atoms with E-state index in [-0.39, 0.29) is 17.5 Å². The van der Waals surface area contributed by atoms with Crippen LogP contribution in [0, 0.1) is 6.92 Å². The predicted molar refractivity (Wildman–Crippen MR) is 214 cm³/mol. The van der Waals surface area contributed by atoms with Gasteiger partial charge >= 0.3 is 0 Å². The van der Waals surface area contributed by atoms with Gasteiger partial charge in [0.05, 0.1) is 0 Å². The van der Waals surface area contributed by atoms with Crippen LogP contribution in [0.15, 0.2) is 109 Å². The predicted octanol–water partition coefficient (Wildman–Crippen LogP) is 11.0. The van der Waals surface area contributed by atoms with E-state index in [1.54, 1.807) is 0 Å². The van der Waals surface area contributed by atoms with E-state index in [9.17, 15) is 0 Å². The van der Waals surface area contributed by atoms with Crippen molar-refractivity contribution in [1.29, 1.82) is 0 Å². The maximum absolute atomic E-state index is 2.58. The molecule has 4 heteroatoms. The Morgan fingerprint density at radius 1 is 0.583 bits per heavy atom. The lowest BCUT2D eigenvalue weighted by atomic mass is 9.30. The third-order valence-electron chi connectivity index (χ3n) is 11.1. The first kappa shape index (κ1) is 28.6. The maximum atomic E-state index is 2.58. The molecule has 0 saturated carbocycles. The Morgan fingerprint density at radius 2 is 1.19 bits per heavy atom. The highest BCUT2D eigenvalue weighted by atomic mass is 32.1. The highest BCUT2D eigenvalue weighted by Gasteiger charge is 2.46. The molecule has 0 radical (unpaired) electrons. The Morgan fingerprint density at radius 3 is 1.83 bits per heavy atom. The van der Waals surface area contributed by atoms with Crippen molar-refractivity contribution in [2.75, 3.05) is 4.90 Å². The molecule has 6 aromatic carbocycles. The molecule has 0 atom stereocenters. The van der Waals surface area contributed by atoms with Crippen LogP contribution in [0.1, 0.15) is 56.9 Å². The summed E-state index contributed by atoms with van der Waals surface area (Å²) in [6, 6.07) is 42.3. The first-order chi connectivity index (χ1) is 23.1. The Bertz CT molecular complexity index is 2650. The van der Waals surface area contributed by atoms with Gasteiger partial charge in [-0.1, -0.05) is 107 Å². The zero-order valence-corrected chi connectivity index (χ0v) is 29.9. The van der Waals surface area contributed by atoms with E-state index in [1.807, 2.05) is 22.7 Å². The van der Waals surface area contributed by atoms with Crippen LogP contribution in [-0.2, 0) is 10.8 Å². The molecular formula is C44H36BNS2. The number of fused-ring (bicyclic) bond motifs is 10. The number of aryl methyl sites for hydroxylation is 1. The molecule has 232 valence electrons. The first-order valence-corrected chi connectivity index (χ1v) is 18.7. The van der Waals surface area contributed by atoms with Crippen LogP contribution in [0.2, 0.25) is 0 Å². The average Bonchev–Trinajstić information content (AvgIpc) is 3.62. The first-order valence-electron chi connectivity index (χ1n) is 17.0. The molecule has 2 aliphatic rings. The van der Waals surface area contributed by atoms with E-state index in [0.717, 1.165) is 0 Å². The smallest absolute Gasteiger partial charge is 0.247 e. The fraction of sp³-hybridized carbons (Fsp3) is 0.182. The van der Waals surface area contributed by atoms with E-state index in [1.165, 1.54) is 96.0 Å². The minimum atomic E-state index is -0.148. The van der Waals surface area contributed by atoms with Crippen LogP contribution in [-0.4, -0.2) is 6.71 Å². The Kier molecular flexibility index (Phi) is 5.74. The summed E-state index contributed by atoms with van der Waals surface area (Å²) in [4.78, 5) is 2.58. The molecule has 2 aromatic heterocycles. The Balaban J connectivity index is 1.34. The molecule has 0 spiro atoms. The third kappa shape index (κ3) is 3.85. The summed E-state index contributed by atoms with van der Waals surface area (Å²) < 4.78 is 5.44. The van der Waals surface area contributed by atoms with Gasteiger partial charge in [-0.2, -0.15) is 0 Å². The molecule has 0 N–H and O–H groups in total. The van der Waals surface area contributed by atoms with Crippen molar-refractivity contribution >= 4 is 103 Å². The maximum Gasteiger partial charge on any atom is 0.247 e. The lowest BCUT2D eigenvalue weighted by Crippen LogP contribution is -2.64. The van der Waals surface area contributed by atoms with Gasteiger partial charge < -0.3 is 4.90 Å². The van der Waals surface area contributed by atoms with E-state index < -0.39 is 0 Å². The van der Waals surface area contributed by atoms with Crippen molar-refractivity contribution < 1.29 is 0 Å². The molecule has 1 nitrogen and oxygen atoms in total. The fourth-order valence-electron chi connectivity index (χ4n) is 8.70. The summed E-state index contributed by atoms with van der Waals surface area (Å²) in [5.41, 5.74) is 13.7. The van der Waals surface area contributed by atoms with Crippen LogP contribution in [0.5, 0.6) is 0 Å². The Hall–Kier alpha value is -4.38. The van der Waals surface area contributed by atoms with E-state index >= 15 is 0 Å². The van der Waals surface area contributed by atoms with Gasteiger partial charge in [0.1, 0.15) is 0 Å². The topological polar surface area (TPSA) is 3.24 Å². The number of rotatable bonds is 1. The summed E-state index contributed by atoms with van der Waals surface area (Å²) in [5.74, 6) is 0. The number of hydrogen-bond donors (Lipinski definition) is 0. The minimum Gasteiger partial charge on any atom is -0.311 e. The number of nitrogens with zero attached hydrogens (tertiary/aromatic N) is 1. The molecule has 0 aliphatic carbocycles. The van der Waals surface area contributed by atoms with Gasteiger partial charge in [0.2, 0.25) is 6.71 Å². The lowest BCUT2D eigenvalue weighted by molar-refractivity contribution is 0.590. The minimum absolute atomic E-state index is 0.0973. The van der Waals surface area contributed by atoms with Crippen molar-refractivity contribution in [3.05, 3.63) is 131 Å². The van der Waals surface area contributed by atoms with Crippen molar-refractivity contribution in [1.82, 2.24) is 0 Å². The second-order valence-corrected chi connectivity index (χ2v) is 17.6. The summed E-state index contributed by atoms with van der Waals surface area (Å²) >= 11 is 3.84. The van der Waals surface area contributed by atoms with Gasteiger partial charge in [-0.15, -0.1) is 22.7 Å². The summed E-state index contributed by atoms with van der Waals surface area (Å²) in [7, 11) is 0. The molecule has 0 saturated heterocycles. The lowest BCUT2D eigenvalue weighted by Gasteiger charge is -2.45. The highest BCUT2D eigenvalue weighted by molar-refractivity contribution is 7.26. The van der Waals surface area contributed by atoms with E-state index in [4.69, 9.17) is 0 Å². The number of thiophene rings is 2. The zero-order valence-electron chi connectivity index (χ0n) is 28.2. The second kappa shape index (κ2) is 9.62. The standard InChI is InChI=1S/C44H36BNS2/c1-25-19-33-42-37(20-25)46(27-17-15-26(16-18-27)43(2,3)4)36-24-41-31(29-12-8-10-14-39(29)48-41)22-35(36)45(42)34-21-30-28-11-7-9-13-38(28)47-40(30)23-32(34)44(33,5)6/h7-24H,1-6H3. The van der Waals surface area contributed by atoms with Crippen molar-refractivity contribution in [2.24, 2.45) is 0 Å². The SMILES string of the molecule is Cc1cc2c3c(c1)C(C)(C)c1cc4sc5ccccc5c4cc1B3c1cc3c(cc1N2c1ccc(C(C)(C)C)cc1)sc1ccccc13. The molecule has 0 bridgehead atoms. The fourth-order valence-corrected chi connectivity index (χ4v) is 10.9. The van der Waals surface area contributed by atoms with E-state index in [0.29, 0.717) is 0 Å². The van der Waals surface area contributed by atoms with Gasteiger partial charge in [-0.05, 0) is 98.8 Å². The molecule has 2 aliphatic heterocycles. The van der Waals surface area contributed by atoms with Crippen molar-refractivity contribution in [3.63, 3.8) is 0 Å². The molecule has 0 amide bonds. The summed E-state index contributed by atoms with van der Waals surface area (Å²) in [6.07, 6.45) is 0. The average molecular weight is 654 g/mol. The summed E-state index contributed by atoms with van der Waals surface area (Å²) in [5, 5.41) is 5.46. The quantitative estimate of drug-likeness (QED) is 0.159. The van der Waals surface area contributed by atoms with Crippen LogP contribution in [0.4, 0.5) is 17.1 Å². The molecule has 8 aromatic rings. The monoisotopic (exact) mass is 653 g/mol. The van der Waals surface area contributed by atoms with Crippen LogP contribution >= 0.6 is 22.7 Å². The second-order valence-electron chi connectivity index (χ2n) is 15.5. The van der Waals surface area contributed by atoms with Crippen LogP contribution in [0.25, 0.3) is 40.3 Å². The molecule has 0 unspecified atom stereocenters. The largest absolute Gasteiger partial charge is 0.311 e. The Labute approximate surface area is 290 Å². The number of benzene rings is 6. The van der Waals surface area contributed by atoms with E-state index in [2.05, 4.69) is 156 Å². The van der Waals surface area contributed by atoms with Crippen molar-refractivity contribution in [3.8, 4) is 0 Å². The van der Waals surface area contributed by atoms with Crippen LogP contribution < -0.4 is 21.3 Å². The third-order valence-corrected chi connectivity index (χ3v) is 13.4. The van der Waals surface area contributed by atoms with Crippen LogP contribution in [0.3, 0.4) is 0 Å². The highest BCUT2D eigenvalue weighted by Crippen LogP contribution is 2.47. The molecular weight excluding hydrogens is 617 g/mol. The molecule has 48 heavy (non-hydrogen) atoms. The van der Waals surface area contributed by atoms with Gasteiger partial charge in [0.25, 0.3) is 0 Å². The van der Waals surface area contributed by atoms with Gasteiger partial charge in [-0.25, -0.2) is 0 Å².